The Labute approximate surface area is 142 Å². The van der Waals surface area contributed by atoms with E-state index in [1.165, 1.54) is 23.1 Å². The Morgan fingerprint density at radius 3 is 3.00 bits per heavy atom. The number of carbonyl (C=O) groups is 1. The monoisotopic (exact) mass is 357 g/mol. The van der Waals surface area contributed by atoms with E-state index in [9.17, 15) is 4.79 Å². The third-order valence-electron chi connectivity index (χ3n) is 2.77. The standard InChI is InChI=1S/C13H19N5O3S2/c1-4-9(11(19)15-10-7-8(2)21-18-10)22-13-17-16-12(23-13)14-5-6-20-3/h7,9H,4-6H2,1-3H3,(H,14,16)(H,15,18,19)/t9-/m1/s1. The van der Waals surface area contributed by atoms with Gasteiger partial charge in [0.25, 0.3) is 0 Å². The second-order valence-corrected chi connectivity index (χ2v) is 7.05. The van der Waals surface area contributed by atoms with Crippen molar-refractivity contribution in [2.45, 2.75) is 29.9 Å². The first-order valence-corrected chi connectivity index (χ1v) is 8.79. The third-order valence-corrected chi connectivity index (χ3v) is 5.10. The molecule has 2 heterocycles. The number of amides is 1. The minimum atomic E-state index is -0.271. The molecule has 0 aliphatic carbocycles. The zero-order valence-corrected chi connectivity index (χ0v) is 14.8. The summed E-state index contributed by atoms with van der Waals surface area (Å²) in [5.74, 6) is 0.942. The van der Waals surface area contributed by atoms with Crippen molar-refractivity contribution in [1.29, 1.82) is 0 Å². The fraction of sp³-hybridized carbons (Fsp3) is 0.538. The summed E-state index contributed by atoms with van der Waals surface area (Å²) in [6.45, 7) is 4.98. The van der Waals surface area contributed by atoms with Crippen LogP contribution >= 0.6 is 23.1 Å². The Bertz CT molecular complexity index is 631. The molecule has 2 aromatic rings. The first-order chi connectivity index (χ1) is 11.1. The summed E-state index contributed by atoms with van der Waals surface area (Å²) >= 11 is 2.80. The van der Waals surface area contributed by atoms with E-state index in [0.29, 0.717) is 36.3 Å². The van der Waals surface area contributed by atoms with Gasteiger partial charge in [-0.3, -0.25) is 4.79 Å². The van der Waals surface area contributed by atoms with Crippen LogP contribution in [0.5, 0.6) is 0 Å². The van der Waals surface area contributed by atoms with Gasteiger partial charge in [-0.05, 0) is 13.3 Å². The molecule has 2 rings (SSSR count). The summed E-state index contributed by atoms with van der Waals surface area (Å²) in [7, 11) is 1.64. The van der Waals surface area contributed by atoms with Gasteiger partial charge in [0.2, 0.25) is 11.0 Å². The van der Waals surface area contributed by atoms with Crippen molar-refractivity contribution in [3.05, 3.63) is 11.8 Å². The van der Waals surface area contributed by atoms with Crippen molar-refractivity contribution in [3.63, 3.8) is 0 Å². The lowest BCUT2D eigenvalue weighted by molar-refractivity contribution is -0.115. The molecular weight excluding hydrogens is 338 g/mol. The molecule has 0 saturated heterocycles. The predicted molar refractivity (Wildman–Crippen MR) is 90.1 cm³/mol. The van der Waals surface area contributed by atoms with Crippen LogP contribution in [0, 0.1) is 6.92 Å². The number of ether oxygens (including phenoxy) is 1. The maximum atomic E-state index is 12.3. The lowest BCUT2D eigenvalue weighted by atomic mass is 10.3. The van der Waals surface area contributed by atoms with Crippen molar-refractivity contribution < 1.29 is 14.1 Å². The lowest BCUT2D eigenvalue weighted by Crippen LogP contribution is -2.24. The van der Waals surface area contributed by atoms with Crippen LogP contribution in [0.4, 0.5) is 10.9 Å². The number of rotatable bonds is 9. The van der Waals surface area contributed by atoms with Gasteiger partial charge >= 0.3 is 0 Å². The van der Waals surface area contributed by atoms with E-state index in [-0.39, 0.29) is 11.2 Å². The topological polar surface area (TPSA) is 102 Å². The Hall–Kier alpha value is -1.65. The number of carbonyl (C=O) groups excluding carboxylic acids is 1. The van der Waals surface area contributed by atoms with Gasteiger partial charge in [0.05, 0.1) is 11.9 Å². The fourth-order valence-electron chi connectivity index (χ4n) is 1.66. The highest BCUT2D eigenvalue weighted by Gasteiger charge is 2.21. The summed E-state index contributed by atoms with van der Waals surface area (Å²) in [6, 6.07) is 1.68. The first kappa shape index (κ1) is 17.7. The molecule has 0 aromatic carbocycles. The Balaban J connectivity index is 1.89. The van der Waals surface area contributed by atoms with Crippen molar-refractivity contribution in [2.24, 2.45) is 0 Å². The molecule has 0 bridgehead atoms. The second kappa shape index (κ2) is 8.85. The largest absolute Gasteiger partial charge is 0.383 e. The molecule has 126 valence electrons. The fourth-order valence-corrected chi connectivity index (χ4v) is 3.61. The van der Waals surface area contributed by atoms with Gasteiger partial charge in [-0.1, -0.05) is 35.2 Å². The number of hydrogen-bond donors (Lipinski definition) is 2. The van der Waals surface area contributed by atoms with Crippen LogP contribution in [0.1, 0.15) is 19.1 Å². The number of thioether (sulfide) groups is 1. The van der Waals surface area contributed by atoms with Gasteiger partial charge in [-0.2, -0.15) is 0 Å². The number of anilines is 2. The van der Waals surface area contributed by atoms with E-state index in [1.54, 1.807) is 20.1 Å². The number of nitrogens with zero attached hydrogens (tertiary/aromatic N) is 3. The summed E-state index contributed by atoms with van der Waals surface area (Å²) in [6.07, 6.45) is 0.666. The summed E-state index contributed by atoms with van der Waals surface area (Å²) < 4.78 is 10.6. The van der Waals surface area contributed by atoms with E-state index in [1.807, 2.05) is 6.92 Å². The average Bonchev–Trinajstić information content (AvgIpc) is 3.14. The molecule has 0 aliphatic rings. The van der Waals surface area contributed by atoms with E-state index in [0.717, 1.165) is 4.34 Å². The Morgan fingerprint density at radius 2 is 2.35 bits per heavy atom. The number of aryl methyl sites for hydroxylation is 1. The zero-order valence-electron chi connectivity index (χ0n) is 13.2. The van der Waals surface area contributed by atoms with Gasteiger partial charge in [0.15, 0.2) is 10.2 Å². The molecule has 23 heavy (non-hydrogen) atoms. The SMILES string of the molecule is CC[C@@H](Sc1nnc(NCCOC)s1)C(=O)Nc1cc(C)on1. The third kappa shape index (κ3) is 5.48. The van der Waals surface area contributed by atoms with E-state index in [2.05, 4.69) is 26.0 Å². The van der Waals surface area contributed by atoms with Crippen LogP contribution in [0.15, 0.2) is 14.9 Å². The molecule has 10 heteroatoms. The molecule has 2 aromatic heterocycles. The predicted octanol–water partition coefficient (Wildman–Crippen LogP) is 2.40. The maximum Gasteiger partial charge on any atom is 0.239 e. The molecular formula is C13H19N5O3S2. The highest BCUT2D eigenvalue weighted by Crippen LogP contribution is 2.30. The molecule has 0 spiro atoms. The molecule has 0 radical (unpaired) electrons. The van der Waals surface area contributed by atoms with Crippen LogP contribution in [-0.4, -0.2) is 46.8 Å². The van der Waals surface area contributed by atoms with Crippen molar-refractivity contribution in [3.8, 4) is 0 Å². The summed E-state index contributed by atoms with van der Waals surface area (Å²) in [5, 5.41) is 18.2. The van der Waals surface area contributed by atoms with E-state index >= 15 is 0 Å². The minimum absolute atomic E-state index is 0.130. The molecule has 8 nitrogen and oxygen atoms in total. The van der Waals surface area contributed by atoms with Crippen LogP contribution in [0.25, 0.3) is 0 Å². The normalized spacial score (nSPS) is 12.1. The van der Waals surface area contributed by atoms with Crippen LogP contribution in [-0.2, 0) is 9.53 Å². The van der Waals surface area contributed by atoms with Crippen LogP contribution in [0.2, 0.25) is 0 Å². The quantitative estimate of drug-likeness (QED) is 0.521. The van der Waals surface area contributed by atoms with Crippen molar-refractivity contribution >= 4 is 40.0 Å². The minimum Gasteiger partial charge on any atom is -0.383 e. The van der Waals surface area contributed by atoms with Crippen LogP contribution < -0.4 is 10.6 Å². The van der Waals surface area contributed by atoms with Gasteiger partial charge in [0.1, 0.15) is 5.76 Å². The van der Waals surface area contributed by atoms with E-state index < -0.39 is 0 Å². The van der Waals surface area contributed by atoms with Gasteiger partial charge in [-0.15, -0.1) is 10.2 Å². The van der Waals surface area contributed by atoms with Crippen molar-refractivity contribution in [2.75, 3.05) is 30.9 Å². The Kier molecular flexibility index (Phi) is 6.81. The number of methoxy groups -OCH3 is 1. The lowest BCUT2D eigenvalue weighted by Gasteiger charge is -2.10. The van der Waals surface area contributed by atoms with Crippen LogP contribution in [0.3, 0.4) is 0 Å². The first-order valence-electron chi connectivity index (χ1n) is 7.09. The molecule has 2 N–H and O–H groups in total. The van der Waals surface area contributed by atoms with Gasteiger partial charge < -0.3 is 19.9 Å². The highest BCUT2D eigenvalue weighted by molar-refractivity contribution is 8.02. The molecule has 0 fully saturated rings. The van der Waals surface area contributed by atoms with E-state index in [4.69, 9.17) is 9.26 Å². The molecule has 0 unspecified atom stereocenters. The summed E-state index contributed by atoms with van der Waals surface area (Å²) in [5.41, 5.74) is 0. The zero-order chi connectivity index (χ0) is 16.7. The Morgan fingerprint density at radius 1 is 1.52 bits per heavy atom. The number of aromatic nitrogens is 3. The van der Waals surface area contributed by atoms with Crippen molar-refractivity contribution in [1.82, 2.24) is 15.4 Å². The van der Waals surface area contributed by atoms with Gasteiger partial charge in [0, 0.05) is 19.7 Å². The molecule has 0 saturated carbocycles. The highest BCUT2D eigenvalue weighted by atomic mass is 32.2. The second-order valence-electron chi connectivity index (χ2n) is 4.62. The van der Waals surface area contributed by atoms with Gasteiger partial charge in [-0.25, -0.2) is 0 Å². The maximum absolute atomic E-state index is 12.3. The molecule has 1 atom stereocenters. The molecule has 1 amide bonds. The smallest absolute Gasteiger partial charge is 0.239 e. The summed E-state index contributed by atoms with van der Waals surface area (Å²) in [4.78, 5) is 12.3. The number of nitrogens with one attached hydrogen (secondary N) is 2. The number of hydrogen-bond acceptors (Lipinski definition) is 9. The average molecular weight is 357 g/mol. The molecule has 0 aliphatic heterocycles.